The number of hydrogen-bond acceptors (Lipinski definition) is 2. The lowest BCUT2D eigenvalue weighted by atomic mass is 9.98. The average Bonchev–Trinajstić information content (AvgIpc) is 2.36. The van der Waals surface area contributed by atoms with Gasteiger partial charge in [-0.2, -0.15) is 0 Å². The van der Waals surface area contributed by atoms with E-state index >= 15 is 0 Å². The third kappa shape index (κ3) is 2.39. The Balaban J connectivity index is 2.68. The van der Waals surface area contributed by atoms with Crippen molar-refractivity contribution in [3.05, 3.63) is 53.6 Å². The Morgan fingerprint density at radius 1 is 1.17 bits per heavy atom. The summed E-state index contributed by atoms with van der Waals surface area (Å²) in [5, 5.41) is 12.5. The van der Waals surface area contributed by atoms with Crippen LogP contribution in [0.5, 0.6) is 5.75 Å². The van der Waals surface area contributed by atoms with Crippen molar-refractivity contribution in [3.8, 4) is 5.75 Å². The van der Waals surface area contributed by atoms with Crippen molar-refractivity contribution in [3.63, 3.8) is 0 Å². The molecule has 0 saturated heterocycles. The van der Waals surface area contributed by atoms with Gasteiger partial charge in [0.2, 0.25) is 0 Å². The van der Waals surface area contributed by atoms with Gasteiger partial charge in [0, 0.05) is 5.56 Å². The van der Waals surface area contributed by atoms with Gasteiger partial charge in [-0.1, -0.05) is 42.0 Å². The largest absolute Gasteiger partial charge is 0.496 e. The summed E-state index contributed by atoms with van der Waals surface area (Å²) in [5.74, 6) is 0.721. The monoisotopic (exact) mass is 242 g/mol. The van der Waals surface area contributed by atoms with Crippen molar-refractivity contribution in [1.82, 2.24) is 0 Å². The highest BCUT2D eigenvalue weighted by molar-refractivity contribution is 5.88. The minimum Gasteiger partial charge on any atom is -0.496 e. The maximum absolute atomic E-state index is 10.3. The predicted octanol–water partition coefficient (Wildman–Crippen LogP) is 3.85. The molecule has 0 saturated carbocycles. The normalized spacial score (nSPS) is 12.2. The van der Waals surface area contributed by atoms with Crippen LogP contribution in [0.4, 0.5) is 0 Å². The summed E-state index contributed by atoms with van der Waals surface area (Å²) in [6.45, 7) is 3.95. The van der Waals surface area contributed by atoms with Crippen LogP contribution in [-0.2, 0) is 0 Å². The van der Waals surface area contributed by atoms with E-state index in [-0.39, 0.29) is 0 Å². The number of rotatable bonds is 3. The molecule has 0 spiro atoms. The summed E-state index contributed by atoms with van der Waals surface area (Å²) in [7, 11) is 1.63. The zero-order valence-corrected chi connectivity index (χ0v) is 11.0. The molecule has 18 heavy (non-hydrogen) atoms. The van der Waals surface area contributed by atoms with Gasteiger partial charge in [-0.3, -0.25) is 0 Å². The number of benzene rings is 2. The molecule has 0 amide bonds. The van der Waals surface area contributed by atoms with Crippen LogP contribution in [0.1, 0.15) is 25.5 Å². The van der Waals surface area contributed by atoms with Crippen LogP contribution in [0.25, 0.3) is 10.8 Å². The second-order valence-electron chi connectivity index (χ2n) is 4.59. The van der Waals surface area contributed by atoms with Gasteiger partial charge >= 0.3 is 0 Å². The highest BCUT2D eigenvalue weighted by Crippen LogP contribution is 2.33. The number of aliphatic hydroxyl groups excluding tert-OH is 1. The Kier molecular flexibility index (Phi) is 3.68. The quantitative estimate of drug-likeness (QED) is 0.828. The lowest BCUT2D eigenvalue weighted by Gasteiger charge is -2.15. The fourth-order valence-corrected chi connectivity index (χ4v) is 2.16. The third-order valence-corrected chi connectivity index (χ3v) is 2.94. The van der Waals surface area contributed by atoms with Gasteiger partial charge < -0.3 is 9.84 Å². The van der Waals surface area contributed by atoms with Crippen LogP contribution >= 0.6 is 0 Å². The molecule has 0 aliphatic heterocycles. The SMILES string of the molecule is COc1ccc2ccccc2c1C(O)C=C(C)C. The van der Waals surface area contributed by atoms with Crippen molar-refractivity contribution < 1.29 is 9.84 Å². The third-order valence-electron chi connectivity index (χ3n) is 2.94. The van der Waals surface area contributed by atoms with E-state index in [2.05, 4.69) is 0 Å². The van der Waals surface area contributed by atoms with Crippen LogP contribution in [0.3, 0.4) is 0 Å². The Bertz CT molecular complexity index is 581. The van der Waals surface area contributed by atoms with Crippen LogP contribution in [0.15, 0.2) is 48.0 Å². The standard InChI is InChI=1S/C16H18O2/c1-11(2)10-14(17)16-13-7-5-4-6-12(13)8-9-15(16)18-3/h4-10,14,17H,1-3H3. The molecule has 2 nitrogen and oxygen atoms in total. The summed E-state index contributed by atoms with van der Waals surface area (Å²) < 4.78 is 5.37. The minimum atomic E-state index is -0.643. The molecule has 0 heterocycles. The zero-order valence-electron chi connectivity index (χ0n) is 11.0. The number of ether oxygens (including phenoxy) is 1. The van der Waals surface area contributed by atoms with E-state index in [4.69, 9.17) is 4.74 Å². The van der Waals surface area contributed by atoms with Crippen LogP contribution in [0.2, 0.25) is 0 Å². The first kappa shape index (κ1) is 12.7. The Labute approximate surface area is 108 Å². The molecule has 2 rings (SSSR count). The molecule has 0 aliphatic carbocycles. The maximum Gasteiger partial charge on any atom is 0.125 e. The minimum absolute atomic E-state index is 0.643. The molecular weight excluding hydrogens is 224 g/mol. The molecule has 1 unspecified atom stereocenters. The second-order valence-corrected chi connectivity index (χ2v) is 4.59. The fourth-order valence-electron chi connectivity index (χ4n) is 2.16. The number of aliphatic hydroxyl groups is 1. The lowest BCUT2D eigenvalue weighted by molar-refractivity contribution is 0.223. The van der Waals surface area contributed by atoms with E-state index < -0.39 is 6.10 Å². The van der Waals surface area contributed by atoms with E-state index in [1.165, 1.54) is 0 Å². The molecule has 94 valence electrons. The van der Waals surface area contributed by atoms with Gasteiger partial charge in [0.15, 0.2) is 0 Å². The summed E-state index contributed by atoms with van der Waals surface area (Å²) in [4.78, 5) is 0. The summed E-state index contributed by atoms with van der Waals surface area (Å²) in [5.41, 5.74) is 1.91. The van der Waals surface area contributed by atoms with E-state index in [1.54, 1.807) is 7.11 Å². The maximum atomic E-state index is 10.3. The lowest BCUT2D eigenvalue weighted by Crippen LogP contribution is -1.99. The van der Waals surface area contributed by atoms with Gasteiger partial charge in [-0.25, -0.2) is 0 Å². The van der Waals surface area contributed by atoms with E-state index in [9.17, 15) is 5.11 Å². The molecule has 2 aromatic carbocycles. The zero-order chi connectivity index (χ0) is 13.1. The number of hydrogen-bond donors (Lipinski definition) is 1. The Morgan fingerprint density at radius 2 is 1.89 bits per heavy atom. The molecule has 0 aliphatic rings. The Morgan fingerprint density at radius 3 is 2.56 bits per heavy atom. The van der Waals surface area contributed by atoms with Crippen LogP contribution in [-0.4, -0.2) is 12.2 Å². The van der Waals surface area contributed by atoms with Crippen molar-refractivity contribution in [2.45, 2.75) is 20.0 Å². The molecule has 1 N–H and O–H groups in total. The summed E-state index contributed by atoms with van der Waals surface area (Å²) in [6.07, 6.45) is 1.20. The van der Waals surface area contributed by atoms with Gasteiger partial charge in [-0.05, 0) is 30.7 Å². The van der Waals surface area contributed by atoms with Crippen molar-refractivity contribution in [2.75, 3.05) is 7.11 Å². The van der Waals surface area contributed by atoms with Gasteiger partial charge in [-0.15, -0.1) is 0 Å². The van der Waals surface area contributed by atoms with Crippen molar-refractivity contribution in [2.24, 2.45) is 0 Å². The highest BCUT2D eigenvalue weighted by Gasteiger charge is 2.14. The molecule has 1 atom stereocenters. The molecule has 0 aromatic heterocycles. The van der Waals surface area contributed by atoms with E-state index in [1.807, 2.05) is 56.3 Å². The molecule has 0 fully saturated rings. The smallest absolute Gasteiger partial charge is 0.125 e. The number of fused-ring (bicyclic) bond motifs is 1. The fraction of sp³-hybridized carbons (Fsp3) is 0.250. The molecule has 2 aromatic rings. The summed E-state index contributed by atoms with van der Waals surface area (Å²) >= 11 is 0. The second kappa shape index (κ2) is 5.23. The number of methoxy groups -OCH3 is 1. The van der Waals surface area contributed by atoms with E-state index in [0.717, 1.165) is 27.7 Å². The topological polar surface area (TPSA) is 29.5 Å². The van der Waals surface area contributed by atoms with Gasteiger partial charge in [0.1, 0.15) is 11.9 Å². The highest BCUT2D eigenvalue weighted by atomic mass is 16.5. The van der Waals surface area contributed by atoms with Crippen LogP contribution in [0, 0.1) is 0 Å². The van der Waals surface area contributed by atoms with E-state index in [0.29, 0.717) is 0 Å². The van der Waals surface area contributed by atoms with Gasteiger partial charge in [0.05, 0.1) is 7.11 Å². The molecular formula is C16H18O2. The molecule has 0 bridgehead atoms. The van der Waals surface area contributed by atoms with Crippen molar-refractivity contribution >= 4 is 10.8 Å². The van der Waals surface area contributed by atoms with Crippen LogP contribution < -0.4 is 4.74 Å². The summed E-state index contributed by atoms with van der Waals surface area (Å²) in [6, 6.07) is 11.9. The first-order valence-corrected chi connectivity index (χ1v) is 6.02. The molecule has 2 heteroatoms. The predicted molar refractivity (Wildman–Crippen MR) is 74.9 cm³/mol. The first-order chi connectivity index (χ1) is 8.63. The van der Waals surface area contributed by atoms with Gasteiger partial charge in [0.25, 0.3) is 0 Å². The average molecular weight is 242 g/mol. The number of allylic oxidation sites excluding steroid dienone is 1. The van der Waals surface area contributed by atoms with Crippen molar-refractivity contribution in [1.29, 1.82) is 0 Å². The first-order valence-electron chi connectivity index (χ1n) is 6.02. The molecule has 0 radical (unpaired) electrons. The Hall–Kier alpha value is -1.80.